The Morgan fingerprint density at radius 3 is 2.43 bits per heavy atom. The second kappa shape index (κ2) is 9.77. The average molecular weight is 436 g/mol. The van der Waals surface area contributed by atoms with E-state index in [1.165, 1.54) is 32.7 Å². The number of carbonyl (C=O) groups excluding carboxylic acids is 1. The van der Waals surface area contributed by atoms with Crippen molar-refractivity contribution in [2.75, 3.05) is 14.2 Å². The molecule has 2 rings (SSSR count). The molecule has 0 unspecified atom stereocenters. The van der Waals surface area contributed by atoms with Crippen molar-refractivity contribution in [3.63, 3.8) is 0 Å². The Morgan fingerprint density at radius 1 is 1.23 bits per heavy atom. The van der Waals surface area contributed by atoms with Crippen LogP contribution in [0.15, 0.2) is 35.0 Å². The van der Waals surface area contributed by atoms with Crippen molar-refractivity contribution < 1.29 is 28.7 Å². The molecular weight excluding hydrogens is 410 g/mol. The summed E-state index contributed by atoms with van der Waals surface area (Å²) in [6, 6.07) is 4.61. The van der Waals surface area contributed by atoms with Gasteiger partial charge in [-0.05, 0) is 32.9 Å². The molecule has 1 aromatic heterocycles. The van der Waals surface area contributed by atoms with Gasteiger partial charge >= 0.3 is 5.97 Å². The van der Waals surface area contributed by atoms with E-state index in [-0.39, 0.29) is 29.3 Å². The van der Waals surface area contributed by atoms with E-state index in [1.54, 1.807) is 32.9 Å². The zero-order valence-corrected chi connectivity index (χ0v) is 18.3. The molecule has 0 amide bonds. The minimum Gasteiger partial charge on any atom is -0.507 e. The van der Waals surface area contributed by atoms with E-state index >= 15 is 0 Å². The second-order valence-electron chi connectivity index (χ2n) is 7.32. The molecule has 0 aliphatic heterocycles. The van der Waals surface area contributed by atoms with Crippen molar-refractivity contribution in [3.05, 3.63) is 47.5 Å². The first-order chi connectivity index (χ1) is 14.1. The molecule has 0 saturated heterocycles. The van der Waals surface area contributed by atoms with Gasteiger partial charge in [-0.1, -0.05) is 0 Å². The largest absolute Gasteiger partial charge is 0.507 e. The summed E-state index contributed by atoms with van der Waals surface area (Å²) in [5.74, 6) is -0.329. The number of hydrogen-bond acceptors (Lipinski definition) is 8. The van der Waals surface area contributed by atoms with E-state index in [9.17, 15) is 19.2 Å². The van der Waals surface area contributed by atoms with Crippen LogP contribution in [0.4, 0.5) is 0 Å². The number of aromatic hydroxyl groups is 1. The molecule has 10 heteroatoms. The molecule has 0 aliphatic rings. The molecule has 0 spiro atoms. The maximum Gasteiger partial charge on any atom is 0.358 e. The number of esters is 1. The number of phenolic OH excluding ortho intramolecular Hbond substituents is 1. The standard InChI is InChI=1S/C20H25N3O6S/c1-20(2,3)30(27)23-14(13-7-6-12(28-4)8-17(13)24)9-18(25)15-10-22-16(11-21-15)19(26)29-5/h6-8,10-11,18,24-25H,9H2,1-5H3/t18-,30-/m0/s1. The minimum absolute atomic E-state index is 0.00368. The maximum atomic E-state index is 12.6. The topological polar surface area (TPSA) is 131 Å². The Hall–Kier alpha value is -2.85. The van der Waals surface area contributed by atoms with Crippen molar-refractivity contribution in [1.82, 2.24) is 9.97 Å². The monoisotopic (exact) mass is 435 g/mol. The van der Waals surface area contributed by atoms with Crippen LogP contribution in [0, 0.1) is 0 Å². The third-order valence-corrected chi connectivity index (χ3v) is 5.46. The van der Waals surface area contributed by atoms with E-state index in [2.05, 4.69) is 19.1 Å². The summed E-state index contributed by atoms with van der Waals surface area (Å²) < 4.78 is 25.9. The third-order valence-electron chi connectivity index (χ3n) is 4.03. The lowest BCUT2D eigenvalue weighted by molar-refractivity contribution is 0.0593. The summed E-state index contributed by atoms with van der Waals surface area (Å²) in [6.07, 6.45) is 1.19. The first kappa shape index (κ1) is 23.4. The van der Waals surface area contributed by atoms with Crippen LogP contribution >= 0.6 is 0 Å². The number of phenols is 1. The van der Waals surface area contributed by atoms with Gasteiger partial charge in [-0.3, -0.25) is 4.98 Å². The normalized spacial score (nSPS) is 14.1. The fourth-order valence-electron chi connectivity index (χ4n) is 2.32. The summed E-state index contributed by atoms with van der Waals surface area (Å²) in [5.41, 5.74) is 0.732. The van der Waals surface area contributed by atoms with Crippen molar-refractivity contribution in [2.24, 2.45) is 4.40 Å². The molecule has 0 radical (unpaired) electrons. The highest BCUT2D eigenvalue weighted by molar-refractivity contribution is 7.85. The Balaban J connectivity index is 2.39. The van der Waals surface area contributed by atoms with Crippen LogP contribution in [0.1, 0.15) is 55.0 Å². The average Bonchev–Trinajstić information content (AvgIpc) is 2.71. The lowest BCUT2D eigenvalue weighted by Gasteiger charge is -2.18. The number of nitrogens with zero attached hydrogens (tertiary/aromatic N) is 3. The Labute approximate surface area is 177 Å². The minimum atomic E-state index is -1.63. The molecule has 9 nitrogen and oxygen atoms in total. The van der Waals surface area contributed by atoms with Gasteiger partial charge in [0.05, 0.1) is 42.8 Å². The van der Waals surface area contributed by atoms with Gasteiger partial charge in [0.1, 0.15) is 28.6 Å². The van der Waals surface area contributed by atoms with Gasteiger partial charge in [0.2, 0.25) is 0 Å². The Kier molecular flexibility index (Phi) is 7.63. The number of rotatable bonds is 7. The van der Waals surface area contributed by atoms with E-state index < -0.39 is 27.8 Å². The van der Waals surface area contributed by atoms with E-state index in [0.29, 0.717) is 11.3 Å². The molecule has 2 aromatic rings. The zero-order valence-electron chi connectivity index (χ0n) is 17.4. The van der Waals surface area contributed by atoms with Crippen molar-refractivity contribution in [2.45, 2.75) is 38.0 Å². The highest BCUT2D eigenvalue weighted by atomic mass is 32.2. The molecule has 30 heavy (non-hydrogen) atoms. The van der Waals surface area contributed by atoms with Crippen LogP contribution in [-0.4, -0.2) is 55.0 Å². The van der Waals surface area contributed by atoms with Crippen LogP contribution in [0.3, 0.4) is 0 Å². The molecule has 162 valence electrons. The number of aromatic nitrogens is 2. The number of methoxy groups -OCH3 is 2. The van der Waals surface area contributed by atoms with Gasteiger partial charge in [-0.2, -0.15) is 4.40 Å². The molecule has 0 saturated carbocycles. The quantitative estimate of drug-likeness (QED) is 0.500. The lowest BCUT2D eigenvalue weighted by Crippen LogP contribution is -2.22. The molecule has 1 aromatic carbocycles. The van der Waals surface area contributed by atoms with Crippen molar-refractivity contribution in [1.29, 1.82) is 0 Å². The number of benzene rings is 1. The van der Waals surface area contributed by atoms with Gasteiger partial charge in [-0.25, -0.2) is 14.0 Å². The van der Waals surface area contributed by atoms with E-state index in [0.717, 1.165) is 0 Å². The zero-order chi connectivity index (χ0) is 22.5. The SMILES string of the molecule is COC(=O)c1cnc([C@@H](O)CC(=N[S@@](=O)C(C)(C)C)c2ccc(OC)cc2O)cn1. The predicted molar refractivity (Wildman–Crippen MR) is 112 cm³/mol. The summed E-state index contributed by atoms with van der Waals surface area (Å²) in [6.45, 7) is 5.31. The van der Waals surface area contributed by atoms with Gasteiger partial charge in [-0.15, -0.1) is 0 Å². The summed E-state index contributed by atoms with van der Waals surface area (Å²) >= 11 is 0. The Morgan fingerprint density at radius 2 is 1.93 bits per heavy atom. The maximum absolute atomic E-state index is 12.6. The van der Waals surface area contributed by atoms with Gasteiger partial charge in [0, 0.05) is 18.1 Å². The number of aliphatic hydroxyl groups is 1. The first-order valence-electron chi connectivity index (χ1n) is 9.02. The number of hydrogen-bond donors (Lipinski definition) is 2. The molecular formula is C20H25N3O6S. The van der Waals surface area contributed by atoms with Crippen molar-refractivity contribution >= 4 is 22.7 Å². The highest BCUT2D eigenvalue weighted by Gasteiger charge is 2.24. The van der Waals surface area contributed by atoms with E-state index in [4.69, 9.17) is 4.74 Å². The summed E-state index contributed by atoms with van der Waals surface area (Å²) in [5, 5.41) is 21.0. The fourth-order valence-corrected chi connectivity index (χ4v) is 2.97. The highest BCUT2D eigenvalue weighted by Crippen LogP contribution is 2.28. The molecule has 2 atom stereocenters. The third kappa shape index (κ3) is 5.83. The molecule has 1 heterocycles. The lowest BCUT2D eigenvalue weighted by atomic mass is 10.0. The molecule has 0 aliphatic carbocycles. The molecule has 2 N–H and O–H groups in total. The fraction of sp³-hybridized carbons (Fsp3) is 0.400. The van der Waals surface area contributed by atoms with Gasteiger partial charge in [0.15, 0.2) is 5.69 Å². The van der Waals surface area contributed by atoms with Crippen LogP contribution in [0.25, 0.3) is 0 Å². The van der Waals surface area contributed by atoms with E-state index in [1.807, 2.05) is 0 Å². The Bertz CT molecular complexity index is 954. The first-order valence-corrected chi connectivity index (χ1v) is 10.1. The van der Waals surface area contributed by atoms with Crippen LogP contribution in [0.2, 0.25) is 0 Å². The summed E-state index contributed by atoms with van der Waals surface area (Å²) in [7, 11) is 1.07. The molecule has 0 bridgehead atoms. The van der Waals surface area contributed by atoms with Crippen LogP contribution in [0.5, 0.6) is 11.5 Å². The van der Waals surface area contributed by atoms with Crippen LogP contribution in [-0.2, 0) is 15.7 Å². The van der Waals surface area contributed by atoms with Gasteiger partial charge in [0.25, 0.3) is 0 Å². The second-order valence-corrected chi connectivity index (χ2v) is 9.23. The van der Waals surface area contributed by atoms with Crippen LogP contribution < -0.4 is 4.74 Å². The predicted octanol–water partition coefficient (Wildman–Crippen LogP) is 2.35. The number of aliphatic hydroxyl groups excluding tert-OH is 1. The smallest absolute Gasteiger partial charge is 0.358 e. The number of ether oxygens (including phenoxy) is 2. The van der Waals surface area contributed by atoms with Crippen molar-refractivity contribution in [3.8, 4) is 11.5 Å². The van der Waals surface area contributed by atoms with Gasteiger partial charge < -0.3 is 19.7 Å². The molecule has 0 fully saturated rings. The summed E-state index contributed by atoms with van der Waals surface area (Å²) in [4.78, 5) is 19.5. The number of carbonyl (C=O) groups is 1.